The number of rotatable bonds is 6. The molecule has 0 aliphatic carbocycles. The molecule has 1 saturated heterocycles. The Labute approximate surface area is 161 Å². The van der Waals surface area contributed by atoms with E-state index in [0.717, 1.165) is 6.42 Å². The van der Waals surface area contributed by atoms with Gasteiger partial charge in [-0.15, -0.1) is 0 Å². The molecular formula is C20H20F2N2O2S. The fourth-order valence-electron chi connectivity index (χ4n) is 2.77. The van der Waals surface area contributed by atoms with Gasteiger partial charge >= 0.3 is 6.61 Å². The van der Waals surface area contributed by atoms with E-state index >= 15 is 0 Å². The summed E-state index contributed by atoms with van der Waals surface area (Å²) < 4.78 is 28.8. The Morgan fingerprint density at radius 2 is 1.93 bits per heavy atom. The highest BCUT2D eigenvalue weighted by Gasteiger charge is 2.31. The number of benzene rings is 2. The van der Waals surface area contributed by atoms with Crippen molar-refractivity contribution in [3.05, 3.63) is 65.7 Å². The highest BCUT2D eigenvalue weighted by Crippen LogP contribution is 2.27. The number of carbonyl (C=O) groups is 1. The third-order valence-corrected chi connectivity index (χ3v) is 5.15. The number of aliphatic imine (C=N–C) groups is 1. The minimum absolute atomic E-state index is 0.0301. The lowest BCUT2D eigenvalue weighted by Crippen LogP contribution is -2.32. The maximum Gasteiger partial charge on any atom is 0.387 e. The topological polar surface area (TPSA) is 41.9 Å². The summed E-state index contributed by atoms with van der Waals surface area (Å²) in [6.07, 6.45) is 0.807. The first-order valence-electron chi connectivity index (χ1n) is 8.64. The van der Waals surface area contributed by atoms with Crippen LogP contribution in [0.15, 0.2) is 59.6 Å². The van der Waals surface area contributed by atoms with Gasteiger partial charge in [0.05, 0.1) is 0 Å². The number of thioether (sulfide) groups is 1. The van der Waals surface area contributed by atoms with Crippen LogP contribution in [0.2, 0.25) is 0 Å². The molecule has 142 valence electrons. The van der Waals surface area contributed by atoms with E-state index in [-0.39, 0.29) is 16.9 Å². The molecule has 0 unspecified atom stereocenters. The van der Waals surface area contributed by atoms with Crippen molar-refractivity contribution in [1.82, 2.24) is 4.90 Å². The molecular weight excluding hydrogens is 370 g/mol. The highest BCUT2D eigenvalue weighted by molar-refractivity contribution is 8.14. The number of ether oxygens (including phenoxy) is 1. The molecule has 4 nitrogen and oxygen atoms in total. The highest BCUT2D eigenvalue weighted by atomic mass is 32.2. The summed E-state index contributed by atoms with van der Waals surface area (Å²) in [5.41, 5.74) is 1.62. The summed E-state index contributed by atoms with van der Waals surface area (Å²) in [6.45, 7) is 0.336. The molecule has 1 fully saturated rings. The van der Waals surface area contributed by atoms with E-state index in [0.29, 0.717) is 23.8 Å². The van der Waals surface area contributed by atoms with Crippen molar-refractivity contribution in [2.24, 2.45) is 4.99 Å². The molecule has 0 saturated carbocycles. The van der Waals surface area contributed by atoms with E-state index in [9.17, 15) is 13.6 Å². The molecule has 3 rings (SSSR count). The molecule has 0 N–H and O–H groups in total. The van der Waals surface area contributed by atoms with E-state index < -0.39 is 6.61 Å². The van der Waals surface area contributed by atoms with Gasteiger partial charge in [0.2, 0.25) is 0 Å². The second-order valence-electron chi connectivity index (χ2n) is 6.15. The zero-order valence-electron chi connectivity index (χ0n) is 14.8. The van der Waals surface area contributed by atoms with Crippen LogP contribution < -0.4 is 4.74 Å². The Hall–Kier alpha value is -2.41. The number of hydrogen-bond donors (Lipinski definition) is 0. The number of amides is 1. The lowest BCUT2D eigenvalue weighted by Gasteiger charge is -2.16. The minimum Gasteiger partial charge on any atom is -0.435 e. The van der Waals surface area contributed by atoms with Gasteiger partial charge in [0.15, 0.2) is 5.17 Å². The maximum absolute atomic E-state index is 12.8. The number of alkyl halides is 2. The Morgan fingerprint density at radius 1 is 1.22 bits per heavy atom. The van der Waals surface area contributed by atoms with Gasteiger partial charge < -0.3 is 4.74 Å². The van der Waals surface area contributed by atoms with E-state index in [2.05, 4.69) is 21.9 Å². The molecule has 1 amide bonds. The normalized spacial score (nSPS) is 18.3. The van der Waals surface area contributed by atoms with E-state index in [1.807, 2.05) is 25.1 Å². The Kier molecular flexibility index (Phi) is 6.45. The number of nitrogens with zero attached hydrogens (tertiary/aromatic N) is 2. The van der Waals surface area contributed by atoms with Crippen LogP contribution in [0.4, 0.5) is 8.78 Å². The van der Waals surface area contributed by atoms with Crippen molar-refractivity contribution < 1.29 is 18.3 Å². The quantitative estimate of drug-likeness (QED) is 0.731. The van der Waals surface area contributed by atoms with Crippen molar-refractivity contribution in [3.63, 3.8) is 0 Å². The zero-order chi connectivity index (χ0) is 19.2. The monoisotopic (exact) mass is 390 g/mol. The smallest absolute Gasteiger partial charge is 0.387 e. The largest absolute Gasteiger partial charge is 0.435 e. The van der Waals surface area contributed by atoms with E-state index in [4.69, 9.17) is 0 Å². The maximum atomic E-state index is 12.8. The van der Waals surface area contributed by atoms with Gasteiger partial charge in [-0.05, 0) is 36.2 Å². The van der Waals surface area contributed by atoms with E-state index in [1.165, 1.54) is 29.8 Å². The number of amidine groups is 1. The van der Waals surface area contributed by atoms with Crippen LogP contribution in [0.25, 0.3) is 0 Å². The average Bonchev–Trinajstić information content (AvgIpc) is 3.03. The SMILES string of the molecule is C[C@@H]1CN(C(=O)c2ccc(OC(F)F)cc2)C(=NCCc2ccccc2)S1. The molecule has 0 bridgehead atoms. The van der Waals surface area contributed by atoms with Crippen LogP contribution in [0.5, 0.6) is 5.75 Å². The molecule has 0 spiro atoms. The first-order chi connectivity index (χ1) is 13.0. The fraction of sp³-hybridized carbons (Fsp3) is 0.300. The Balaban J connectivity index is 1.67. The van der Waals surface area contributed by atoms with Crippen molar-refractivity contribution in [2.75, 3.05) is 13.1 Å². The lowest BCUT2D eigenvalue weighted by atomic mass is 10.2. The molecule has 2 aromatic carbocycles. The molecule has 0 aromatic heterocycles. The number of hydrogen-bond acceptors (Lipinski definition) is 4. The summed E-state index contributed by atoms with van der Waals surface area (Å²) in [4.78, 5) is 19.1. The Bertz CT molecular complexity index is 797. The number of halogens is 2. The standard InChI is InChI=1S/C20H20F2N2O2S/c1-14-13-24(18(25)16-7-9-17(10-8-16)26-19(21)22)20(27-14)23-12-11-15-5-3-2-4-6-15/h2-10,14,19H,11-13H2,1H3/t14-/m1/s1. The molecule has 7 heteroatoms. The molecule has 1 aliphatic heterocycles. The second-order valence-corrected chi connectivity index (χ2v) is 7.55. The van der Waals surface area contributed by atoms with Gasteiger partial charge in [-0.1, -0.05) is 49.0 Å². The summed E-state index contributed by atoms with van der Waals surface area (Å²) in [6, 6.07) is 15.8. The molecule has 1 atom stereocenters. The first kappa shape index (κ1) is 19.4. The molecule has 2 aromatic rings. The summed E-state index contributed by atoms with van der Waals surface area (Å²) >= 11 is 1.57. The molecule has 27 heavy (non-hydrogen) atoms. The minimum atomic E-state index is -2.88. The van der Waals surface area contributed by atoms with Gasteiger partial charge in [-0.3, -0.25) is 14.7 Å². The van der Waals surface area contributed by atoms with Crippen molar-refractivity contribution >= 4 is 22.8 Å². The second kappa shape index (κ2) is 8.99. The van der Waals surface area contributed by atoms with Crippen LogP contribution in [-0.2, 0) is 6.42 Å². The predicted molar refractivity (Wildman–Crippen MR) is 104 cm³/mol. The van der Waals surface area contributed by atoms with E-state index in [1.54, 1.807) is 16.7 Å². The summed E-state index contributed by atoms with van der Waals surface area (Å²) in [7, 11) is 0. The third kappa shape index (κ3) is 5.29. The summed E-state index contributed by atoms with van der Waals surface area (Å²) in [5, 5.41) is 0.960. The van der Waals surface area contributed by atoms with Gasteiger partial charge in [0, 0.05) is 23.9 Å². The van der Waals surface area contributed by atoms with Gasteiger partial charge in [0.1, 0.15) is 5.75 Å². The first-order valence-corrected chi connectivity index (χ1v) is 9.52. The number of carbonyl (C=O) groups excluding carboxylic acids is 1. The molecule has 1 aliphatic rings. The van der Waals surface area contributed by atoms with Crippen molar-refractivity contribution in [3.8, 4) is 5.75 Å². The van der Waals surface area contributed by atoms with Crippen molar-refractivity contribution in [2.45, 2.75) is 25.2 Å². The average molecular weight is 390 g/mol. The van der Waals surface area contributed by atoms with Gasteiger partial charge in [-0.2, -0.15) is 8.78 Å². The zero-order valence-corrected chi connectivity index (χ0v) is 15.7. The van der Waals surface area contributed by atoms with Crippen LogP contribution in [-0.4, -0.2) is 40.9 Å². The Morgan fingerprint density at radius 3 is 2.59 bits per heavy atom. The van der Waals surface area contributed by atoms with Gasteiger partial charge in [-0.25, -0.2) is 0 Å². The summed E-state index contributed by atoms with van der Waals surface area (Å²) in [5.74, 6) is -0.156. The van der Waals surface area contributed by atoms with Crippen molar-refractivity contribution in [1.29, 1.82) is 0 Å². The van der Waals surface area contributed by atoms with Crippen LogP contribution >= 0.6 is 11.8 Å². The molecule has 1 heterocycles. The fourth-order valence-corrected chi connectivity index (χ4v) is 3.80. The van der Waals surface area contributed by atoms with Crippen LogP contribution in [0.1, 0.15) is 22.8 Å². The lowest BCUT2D eigenvalue weighted by molar-refractivity contribution is -0.0498. The third-order valence-electron chi connectivity index (χ3n) is 4.04. The predicted octanol–water partition coefficient (Wildman–Crippen LogP) is 4.46. The molecule has 0 radical (unpaired) electrons. The van der Waals surface area contributed by atoms with Gasteiger partial charge in [0.25, 0.3) is 5.91 Å². The van der Waals surface area contributed by atoms with Crippen LogP contribution in [0, 0.1) is 0 Å². The van der Waals surface area contributed by atoms with Crippen LogP contribution in [0.3, 0.4) is 0 Å².